The van der Waals surface area contributed by atoms with E-state index in [0.29, 0.717) is 11.9 Å². The van der Waals surface area contributed by atoms with Gasteiger partial charge >= 0.3 is 0 Å². The molecule has 0 aliphatic carbocycles. The van der Waals surface area contributed by atoms with Crippen molar-refractivity contribution in [3.05, 3.63) is 18.5 Å². The molecule has 3 atom stereocenters. The molecule has 1 aromatic rings. The van der Waals surface area contributed by atoms with Gasteiger partial charge in [-0.3, -0.25) is 4.79 Å². The van der Waals surface area contributed by atoms with Crippen molar-refractivity contribution in [1.82, 2.24) is 14.9 Å². The van der Waals surface area contributed by atoms with E-state index in [-0.39, 0.29) is 24.6 Å². The summed E-state index contributed by atoms with van der Waals surface area (Å²) in [5, 5.41) is 2.96. The highest BCUT2D eigenvalue weighted by Gasteiger charge is 2.31. The van der Waals surface area contributed by atoms with Crippen molar-refractivity contribution in [3.8, 4) is 0 Å². The Kier molecular flexibility index (Phi) is 7.80. The van der Waals surface area contributed by atoms with Crippen LogP contribution in [0.2, 0.25) is 0 Å². The van der Waals surface area contributed by atoms with Crippen LogP contribution in [0.3, 0.4) is 0 Å². The second-order valence-corrected chi connectivity index (χ2v) is 5.49. The average Bonchev–Trinajstić information content (AvgIpc) is 2.57. The SMILES string of the molecule is CCC(C)C(C(CC)OC)N(C)C(=O)CNc1ncccn1. The van der Waals surface area contributed by atoms with E-state index in [1.165, 1.54) is 0 Å². The maximum Gasteiger partial charge on any atom is 0.242 e. The standard InChI is InChI=1S/C16H28N4O2/c1-6-12(3)15(13(7-2)22-5)20(4)14(21)11-19-16-17-9-8-10-18-16/h8-10,12-13,15H,6-7,11H2,1-5H3,(H,17,18,19). The molecular weight excluding hydrogens is 280 g/mol. The lowest BCUT2D eigenvalue weighted by Crippen LogP contribution is -2.50. The summed E-state index contributed by atoms with van der Waals surface area (Å²) in [6, 6.07) is 1.80. The van der Waals surface area contributed by atoms with Crippen LogP contribution in [0.4, 0.5) is 5.95 Å². The summed E-state index contributed by atoms with van der Waals surface area (Å²) in [6.45, 7) is 6.55. The van der Waals surface area contributed by atoms with Crippen LogP contribution < -0.4 is 5.32 Å². The summed E-state index contributed by atoms with van der Waals surface area (Å²) in [6.07, 6.45) is 5.19. The topological polar surface area (TPSA) is 67.3 Å². The van der Waals surface area contributed by atoms with Crippen molar-refractivity contribution in [1.29, 1.82) is 0 Å². The van der Waals surface area contributed by atoms with Gasteiger partial charge in [0.25, 0.3) is 0 Å². The lowest BCUT2D eigenvalue weighted by molar-refractivity contribution is -0.134. The quantitative estimate of drug-likeness (QED) is 0.757. The van der Waals surface area contributed by atoms with Crippen molar-refractivity contribution >= 4 is 11.9 Å². The summed E-state index contributed by atoms with van der Waals surface area (Å²) in [7, 11) is 3.55. The third-order valence-corrected chi connectivity index (χ3v) is 4.12. The molecular formula is C16H28N4O2. The van der Waals surface area contributed by atoms with Crippen molar-refractivity contribution in [3.63, 3.8) is 0 Å². The van der Waals surface area contributed by atoms with Crippen molar-refractivity contribution in [2.24, 2.45) is 5.92 Å². The van der Waals surface area contributed by atoms with Gasteiger partial charge in [-0.05, 0) is 18.4 Å². The fraction of sp³-hybridized carbons (Fsp3) is 0.688. The van der Waals surface area contributed by atoms with Crippen LogP contribution in [-0.2, 0) is 9.53 Å². The molecule has 22 heavy (non-hydrogen) atoms. The first-order chi connectivity index (χ1) is 10.5. The number of hydrogen-bond acceptors (Lipinski definition) is 5. The van der Waals surface area contributed by atoms with Gasteiger partial charge in [-0.2, -0.15) is 0 Å². The first kappa shape index (κ1) is 18.4. The molecule has 0 bridgehead atoms. The predicted molar refractivity (Wildman–Crippen MR) is 87.6 cm³/mol. The molecule has 1 heterocycles. The molecule has 1 rings (SSSR count). The van der Waals surface area contributed by atoms with Crippen LogP contribution in [0, 0.1) is 5.92 Å². The number of amides is 1. The number of ether oxygens (including phenoxy) is 1. The number of anilines is 1. The van der Waals surface area contributed by atoms with E-state index in [4.69, 9.17) is 4.74 Å². The molecule has 0 saturated carbocycles. The van der Waals surface area contributed by atoms with Crippen molar-refractivity contribution < 1.29 is 9.53 Å². The van der Waals surface area contributed by atoms with Gasteiger partial charge in [-0.1, -0.05) is 27.2 Å². The van der Waals surface area contributed by atoms with E-state index < -0.39 is 0 Å². The molecule has 0 aliphatic rings. The molecule has 124 valence electrons. The minimum absolute atomic E-state index is 0.00764. The van der Waals surface area contributed by atoms with E-state index in [0.717, 1.165) is 12.8 Å². The number of rotatable bonds is 9. The molecule has 0 aliphatic heterocycles. The van der Waals surface area contributed by atoms with Gasteiger partial charge in [-0.25, -0.2) is 9.97 Å². The fourth-order valence-corrected chi connectivity index (χ4v) is 2.62. The zero-order valence-electron chi connectivity index (χ0n) is 14.2. The van der Waals surface area contributed by atoms with Gasteiger partial charge in [0.05, 0.1) is 18.7 Å². The zero-order valence-corrected chi connectivity index (χ0v) is 14.2. The smallest absolute Gasteiger partial charge is 0.242 e. The highest BCUT2D eigenvalue weighted by molar-refractivity contribution is 5.80. The lowest BCUT2D eigenvalue weighted by Gasteiger charge is -2.37. The first-order valence-electron chi connectivity index (χ1n) is 7.84. The first-order valence-corrected chi connectivity index (χ1v) is 7.84. The molecule has 0 radical (unpaired) electrons. The molecule has 0 fully saturated rings. The normalized spacial score (nSPS) is 15.0. The van der Waals surface area contributed by atoms with Gasteiger partial charge in [-0.15, -0.1) is 0 Å². The number of nitrogens with zero attached hydrogens (tertiary/aromatic N) is 3. The lowest BCUT2D eigenvalue weighted by atomic mass is 9.91. The second-order valence-electron chi connectivity index (χ2n) is 5.49. The number of carbonyl (C=O) groups is 1. The van der Waals surface area contributed by atoms with E-state index in [9.17, 15) is 4.79 Å². The molecule has 6 nitrogen and oxygen atoms in total. The molecule has 0 spiro atoms. The second kappa shape index (κ2) is 9.35. The Morgan fingerprint density at radius 2 is 1.95 bits per heavy atom. The molecule has 1 aromatic heterocycles. The van der Waals surface area contributed by atoms with E-state index in [2.05, 4.69) is 36.1 Å². The monoisotopic (exact) mass is 308 g/mol. The largest absolute Gasteiger partial charge is 0.379 e. The molecule has 0 saturated heterocycles. The third kappa shape index (κ3) is 4.94. The summed E-state index contributed by atoms with van der Waals surface area (Å²) < 4.78 is 5.58. The Bertz CT molecular complexity index is 437. The Balaban J connectivity index is 2.71. The molecule has 6 heteroatoms. The zero-order chi connectivity index (χ0) is 16.5. The minimum Gasteiger partial charge on any atom is -0.379 e. The van der Waals surface area contributed by atoms with E-state index >= 15 is 0 Å². The van der Waals surface area contributed by atoms with Crippen LogP contribution in [0.15, 0.2) is 18.5 Å². The summed E-state index contributed by atoms with van der Waals surface area (Å²) >= 11 is 0. The van der Waals surface area contributed by atoms with Crippen molar-refractivity contribution in [2.75, 3.05) is 26.0 Å². The Morgan fingerprint density at radius 3 is 2.45 bits per heavy atom. The number of aromatic nitrogens is 2. The van der Waals surface area contributed by atoms with Gasteiger partial charge in [0.1, 0.15) is 0 Å². The Hall–Kier alpha value is -1.69. The van der Waals surface area contributed by atoms with Gasteiger partial charge in [0.2, 0.25) is 11.9 Å². The average molecular weight is 308 g/mol. The summed E-state index contributed by atoms with van der Waals surface area (Å²) in [5.41, 5.74) is 0. The summed E-state index contributed by atoms with van der Waals surface area (Å²) in [5.74, 6) is 0.836. The van der Waals surface area contributed by atoms with Crippen molar-refractivity contribution in [2.45, 2.75) is 45.8 Å². The molecule has 1 amide bonds. The summed E-state index contributed by atoms with van der Waals surface area (Å²) in [4.78, 5) is 22.4. The molecule has 3 unspecified atom stereocenters. The molecule has 1 N–H and O–H groups in total. The number of nitrogens with one attached hydrogen (secondary N) is 1. The minimum atomic E-state index is 0.00764. The van der Waals surface area contributed by atoms with Gasteiger partial charge < -0.3 is 15.0 Å². The number of hydrogen-bond donors (Lipinski definition) is 1. The van der Waals surface area contributed by atoms with Crippen LogP contribution in [0.5, 0.6) is 0 Å². The van der Waals surface area contributed by atoms with Gasteiger partial charge in [0.15, 0.2) is 0 Å². The van der Waals surface area contributed by atoms with Crippen LogP contribution in [0.25, 0.3) is 0 Å². The van der Waals surface area contributed by atoms with Crippen LogP contribution in [-0.4, -0.2) is 53.6 Å². The third-order valence-electron chi connectivity index (χ3n) is 4.12. The highest BCUT2D eigenvalue weighted by atomic mass is 16.5. The fourth-order valence-electron chi connectivity index (χ4n) is 2.62. The van der Waals surface area contributed by atoms with Crippen LogP contribution in [0.1, 0.15) is 33.6 Å². The maximum absolute atomic E-state index is 12.5. The van der Waals surface area contributed by atoms with Gasteiger partial charge in [0, 0.05) is 26.6 Å². The maximum atomic E-state index is 12.5. The van der Waals surface area contributed by atoms with E-state index in [1.807, 2.05) is 7.05 Å². The van der Waals surface area contributed by atoms with E-state index in [1.54, 1.807) is 30.5 Å². The Labute approximate surface area is 133 Å². The Morgan fingerprint density at radius 1 is 1.32 bits per heavy atom. The number of methoxy groups -OCH3 is 1. The molecule has 0 aromatic carbocycles. The number of carbonyl (C=O) groups excluding carboxylic acids is 1. The number of likely N-dealkylation sites (N-methyl/N-ethyl adjacent to an activating group) is 1. The highest BCUT2D eigenvalue weighted by Crippen LogP contribution is 2.21. The van der Waals surface area contributed by atoms with Crippen LogP contribution >= 0.6 is 0 Å². The predicted octanol–water partition coefficient (Wildman–Crippen LogP) is 2.19.